The monoisotopic (exact) mass is 342 g/mol. The van der Waals surface area contributed by atoms with Gasteiger partial charge >= 0.3 is 12.0 Å². The van der Waals surface area contributed by atoms with E-state index < -0.39 is 5.97 Å². The van der Waals surface area contributed by atoms with Crippen LogP contribution in [0.2, 0.25) is 0 Å². The van der Waals surface area contributed by atoms with Crippen molar-refractivity contribution in [2.24, 2.45) is 5.92 Å². The van der Waals surface area contributed by atoms with Gasteiger partial charge in [-0.25, -0.2) is 9.59 Å². The Bertz CT molecular complexity index is 704. The van der Waals surface area contributed by atoms with Crippen molar-refractivity contribution in [1.82, 2.24) is 20.0 Å². The first-order valence-corrected chi connectivity index (χ1v) is 8.44. The van der Waals surface area contributed by atoms with E-state index in [2.05, 4.69) is 10.4 Å². The van der Waals surface area contributed by atoms with Crippen LogP contribution in [0.5, 0.6) is 0 Å². The topological polar surface area (TPSA) is 87.5 Å². The molecule has 2 N–H and O–H groups in total. The number of aromatic carboxylic acids is 1. The van der Waals surface area contributed by atoms with E-state index in [4.69, 9.17) is 5.11 Å². The van der Waals surface area contributed by atoms with E-state index >= 15 is 0 Å². The second-order valence-corrected chi connectivity index (χ2v) is 6.32. The summed E-state index contributed by atoms with van der Waals surface area (Å²) in [6.07, 6.45) is 5.70. The van der Waals surface area contributed by atoms with E-state index in [9.17, 15) is 9.59 Å². The van der Waals surface area contributed by atoms with Crippen molar-refractivity contribution in [3.63, 3.8) is 0 Å². The molecule has 1 aliphatic heterocycles. The zero-order chi connectivity index (χ0) is 17.6. The fourth-order valence-corrected chi connectivity index (χ4v) is 3.05. The number of hydrogen-bond donors (Lipinski definition) is 2. The summed E-state index contributed by atoms with van der Waals surface area (Å²) in [5.41, 5.74) is 1.13. The van der Waals surface area contributed by atoms with Gasteiger partial charge in [-0.15, -0.1) is 0 Å². The minimum Gasteiger partial charge on any atom is -0.478 e. The quantitative estimate of drug-likeness (QED) is 0.872. The molecule has 2 heterocycles. The molecule has 132 valence electrons. The molecule has 1 aromatic heterocycles. The number of likely N-dealkylation sites (tertiary alicyclic amines) is 1. The average Bonchev–Trinajstić information content (AvgIpc) is 3.13. The van der Waals surface area contributed by atoms with Gasteiger partial charge in [0.15, 0.2) is 0 Å². The highest BCUT2D eigenvalue weighted by atomic mass is 16.4. The molecule has 2 aromatic rings. The SMILES string of the molecule is O=C(O)c1ccc(CNC(=O)N2CCC(Cn3cccn3)CC2)cc1. The molecule has 1 fully saturated rings. The van der Waals surface area contributed by atoms with E-state index in [1.54, 1.807) is 30.5 Å². The Morgan fingerprint density at radius 1 is 1.20 bits per heavy atom. The maximum Gasteiger partial charge on any atom is 0.335 e. The summed E-state index contributed by atoms with van der Waals surface area (Å²) in [5, 5.41) is 16.0. The lowest BCUT2D eigenvalue weighted by Gasteiger charge is -2.32. The number of aromatic nitrogens is 2. The third kappa shape index (κ3) is 4.59. The summed E-state index contributed by atoms with van der Waals surface area (Å²) in [7, 11) is 0. The number of rotatable bonds is 5. The van der Waals surface area contributed by atoms with Gasteiger partial charge in [0.05, 0.1) is 5.56 Å². The van der Waals surface area contributed by atoms with Gasteiger partial charge in [-0.1, -0.05) is 12.1 Å². The maximum absolute atomic E-state index is 12.3. The number of nitrogens with one attached hydrogen (secondary N) is 1. The van der Waals surface area contributed by atoms with E-state index in [0.29, 0.717) is 12.5 Å². The molecule has 1 aliphatic rings. The van der Waals surface area contributed by atoms with Crippen molar-refractivity contribution < 1.29 is 14.7 Å². The van der Waals surface area contributed by atoms with Gasteiger partial charge in [0.2, 0.25) is 0 Å². The Balaban J connectivity index is 1.42. The van der Waals surface area contributed by atoms with Crippen LogP contribution in [-0.2, 0) is 13.1 Å². The van der Waals surface area contributed by atoms with Crippen molar-refractivity contribution in [1.29, 1.82) is 0 Å². The molecule has 7 nitrogen and oxygen atoms in total. The van der Waals surface area contributed by atoms with Gasteiger partial charge in [-0.3, -0.25) is 4.68 Å². The number of piperidine rings is 1. The molecular weight excluding hydrogens is 320 g/mol. The molecule has 25 heavy (non-hydrogen) atoms. The van der Waals surface area contributed by atoms with E-state index in [0.717, 1.165) is 38.0 Å². The second kappa shape index (κ2) is 7.83. The summed E-state index contributed by atoms with van der Waals surface area (Å²) >= 11 is 0. The largest absolute Gasteiger partial charge is 0.478 e. The molecule has 3 rings (SSSR count). The van der Waals surface area contributed by atoms with Crippen LogP contribution in [0.4, 0.5) is 4.79 Å². The second-order valence-electron chi connectivity index (χ2n) is 6.32. The average molecular weight is 342 g/mol. The molecule has 7 heteroatoms. The van der Waals surface area contributed by atoms with E-state index in [-0.39, 0.29) is 11.6 Å². The molecule has 2 amide bonds. The van der Waals surface area contributed by atoms with Gasteiger partial charge in [-0.2, -0.15) is 5.10 Å². The summed E-state index contributed by atoms with van der Waals surface area (Å²) in [4.78, 5) is 24.9. The highest BCUT2D eigenvalue weighted by Crippen LogP contribution is 2.19. The van der Waals surface area contributed by atoms with Crippen LogP contribution >= 0.6 is 0 Å². The Morgan fingerprint density at radius 3 is 2.52 bits per heavy atom. The highest BCUT2D eigenvalue weighted by Gasteiger charge is 2.22. The molecule has 1 saturated heterocycles. The zero-order valence-corrected chi connectivity index (χ0v) is 14.0. The molecule has 1 aromatic carbocycles. The Labute approximate surface area is 146 Å². The first-order valence-electron chi connectivity index (χ1n) is 8.44. The number of carboxylic acids is 1. The van der Waals surface area contributed by atoms with Crippen LogP contribution in [0.25, 0.3) is 0 Å². The lowest BCUT2D eigenvalue weighted by molar-refractivity contribution is 0.0697. The van der Waals surface area contributed by atoms with Crippen molar-refractivity contribution in [3.8, 4) is 0 Å². The van der Waals surface area contributed by atoms with Crippen LogP contribution in [0.3, 0.4) is 0 Å². The Morgan fingerprint density at radius 2 is 1.92 bits per heavy atom. The molecule has 0 radical (unpaired) electrons. The lowest BCUT2D eigenvalue weighted by atomic mass is 9.97. The summed E-state index contributed by atoms with van der Waals surface area (Å²) < 4.78 is 1.95. The minimum absolute atomic E-state index is 0.0696. The van der Waals surface area contributed by atoms with E-state index in [1.165, 1.54) is 0 Å². The van der Waals surface area contributed by atoms with Crippen molar-refractivity contribution in [3.05, 3.63) is 53.9 Å². The van der Waals surface area contributed by atoms with Crippen molar-refractivity contribution >= 4 is 12.0 Å². The normalized spacial score (nSPS) is 15.1. The smallest absolute Gasteiger partial charge is 0.335 e. The van der Waals surface area contributed by atoms with Gasteiger partial charge < -0.3 is 15.3 Å². The predicted molar refractivity (Wildman–Crippen MR) is 92.2 cm³/mol. The van der Waals surface area contributed by atoms with Crippen LogP contribution < -0.4 is 5.32 Å². The van der Waals surface area contributed by atoms with Crippen LogP contribution in [0, 0.1) is 5.92 Å². The molecule has 0 aliphatic carbocycles. The number of nitrogens with zero attached hydrogens (tertiary/aromatic N) is 3. The number of benzene rings is 1. The number of carbonyl (C=O) groups excluding carboxylic acids is 1. The molecule has 0 bridgehead atoms. The predicted octanol–water partition coefficient (Wildman–Crippen LogP) is 2.20. The van der Waals surface area contributed by atoms with Gasteiger partial charge in [-0.05, 0) is 42.5 Å². The summed E-state index contributed by atoms with van der Waals surface area (Å²) in [6.45, 7) is 2.79. The lowest BCUT2D eigenvalue weighted by Crippen LogP contribution is -2.44. The van der Waals surface area contributed by atoms with Gasteiger partial charge in [0, 0.05) is 38.6 Å². The highest BCUT2D eigenvalue weighted by molar-refractivity contribution is 5.87. The maximum atomic E-state index is 12.3. The standard InChI is InChI=1S/C18H22N4O3/c23-17(24)16-4-2-14(3-5-16)12-19-18(25)21-10-6-15(7-11-21)13-22-9-1-8-20-22/h1-5,8-9,15H,6-7,10-13H2,(H,19,25)(H,23,24). The van der Waals surface area contributed by atoms with E-state index in [1.807, 2.05) is 21.8 Å². The van der Waals surface area contributed by atoms with Gasteiger partial charge in [0.25, 0.3) is 0 Å². The van der Waals surface area contributed by atoms with Crippen LogP contribution in [0.15, 0.2) is 42.7 Å². The fourth-order valence-electron chi connectivity index (χ4n) is 3.05. The summed E-state index contributed by atoms with van der Waals surface area (Å²) in [5.74, 6) is -0.402. The zero-order valence-electron chi connectivity index (χ0n) is 14.0. The first-order chi connectivity index (χ1) is 12.1. The fraction of sp³-hybridized carbons (Fsp3) is 0.389. The Kier molecular flexibility index (Phi) is 5.33. The van der Waals surface area contributed by atoms with Crippen LogP contribution in [0.1, 0.15) is 28.8 Å². The molecule has 0 atom stereocenters. The molecule has 0 saturated carbocycles. The third-order valence-corrected chi connectivity index (χ3v) is 4.55. The first kappa shape index (κ1) is 17.0. The minimum atomic E-state index is -0.950. The van der Waals surface area contributed by atoms with Crippen molar-refractivity contribution in [2.45, 2.75) is 25.9 Å². The van der Waals surface area contributed by atoms with Gasteiger partial charge in [0.1, 0.15) is 0 Å². The molecule has 0 spiro atoms. The number of amides is 2. The Hall–Kier alpha value is -2.83. The van der Waals surface area contributed by atoms with Crippen molar-refractivity contribution in [2.75, 3.05) is 13.1 Å². The molecule has 0 unspecified atom stereocenters. The third-order valence-electron chi connectivity index (χ3n) is 4.55. The number of urea groups is 1. The number of carboxylic acid groups (broad SMARTS) is 1. The number of carbonyl (C=O) groups is 2. The molecular formula is C18H22N4O3. The van der Waals surface area contributed by atoms with Crippen LogP contribution in [-0.4, -0.2) is 44.9 Å². The number of hydrogen-bond acceptors (Lipinski definition) is 3. The summed E-state index contributed by atoms with van der Waals surface area (Å²) in [6, 6.07) is 8.39.